The van der Waals surface area contributed by atoms with Crippen LogP contribution in [0, 0.1) is 21.4 Å². The number of rotatable bonds is 2. The van der Waals surface area contributed by atoms with E-state index in [-0.39, 0.29) is 17.1 Å². The fourth-order valence-corrected chi connectivity index (χ4v) is 3.37. The Morgan fingerprint density at radius 2 is 1.88 bits per heavy atom. The predicted molar refractivity (Wildman–Crippen MR) is 91.3 cm³/mol. The minimum Gasteiger partial charge on any atom is -0.383 e. The summed E-state index contributed by atoms with van der Waals surface area (Å²) in [6.07, 6.45) is 5.81. The lowest BCUT2D eigenvalue weighted by atomic mass is 9.87. The maximum Gasteiger partial charge on any atom is 0.277 e. The van der Waals surface area contributed by atoms with Crippen molar-refractivity contribution in [2.24, 2.45) is 0 Å². The molecule has 122 valence electrons. The van der Waals surface area contributed by atoms with Crippen molar-refractivity contribution in [3.8, 4) is 17.2 Å². The zero-order valence-corrected chi connectivity index (χ0v) is 13.3. The predicted octanol–water partition coefficient (Wildman–Crippen LogP) is 3.77. The fraction of sp³-hybridized carbons (Fsp3) is 0.333. The Morgan fingerprint density at radius 3 is 2.58 bits per heavy atom. The highest BCUT2D eigenvalue weighted by Gasteiger charge is 2.25. The summed E-state index contributed by atoms with van der Waals surface area (Å²) in [6, 6.07) is 8.62. The maximum absolute atomic E-state index is 11.4. The Hall–Kier alpha value is -2.94. The first-order valence-corrected chi connectivity index (χ1v) is 8.08. The van der Waals surface area contributed by atoms with Crippen molar-refractivity contribution in [1.82, 2.24) is 4.98 Å². The molecule has 24 heavy (non-hydrogen) atoms. The third kappa shape index (κ3) is 2.81. The van der Waals surface area contributed by atoms with Crippen molar-refractivity contribution in [1.29, 1.82) is 5.26 Å². The summed E-state index contributed by atoms with van der Waals surface area (Å²) in [4.78, 5) is 15.5. The first-order chi connectivity index (χ1) is 11.6. The number of nitrogens with zero attached hydrogens (tertiary/aromatic N) is 3. The Morgan fingerprint density at radius 1 is 1.17 bits per heavy atom. The van der Waals surface area contributed by atoms with Crippen LogP contribution in [0.25, 0.3) is 11.1 Å². The molecule has 0 amide bonds. The maximum atomic E-state index is 11.4. The molecule has 6 heteroatoms. The SMILES string of the molecule is N#Cc1c(N)nc2c(c1-c1ccccc1[N+](=O)[O-])CCCCCC2. The van der Waals surface area contributed by atoms with E-state index in [1.54, 1.807) is 18.2 Å². The largest absolute Gasteiger partial charge is 0.383 e. The van der Waals surface area contributed by atoms with E-state index in [0.29, 0.717) is 11.1 Å². The average Bonchev–Trinajstić information content (AvgIpc) is 2.55. The van der Waals surface area contributed by atoms with Gasteiger partial charge in [0.25, 0.3) is 5.69 Å². The number of aromatic nitrogens is 1. The number of hydrogen-bond acceptors (Lipinski definition) is 5. The Labute approximate surface area is 140 Å². The number of hydrogen-bond donors (Lipinski definition) is 1. The van der Waals surface area contributed by atoms with Gasteiger partial charge in [0.2, 0.25) is 0 Å². The number of anilines is 1. The van der Waals surface area contributed by atoms with Crippen LogP contribution in [0.15, 0.2) is 24.3 Å². The smallest absolute Gasteiger partial charge is 0.277 e. The van der Waals surface area contributed by atoms with Gasteiger partial charge in [-0.1, -0.05) is 25.0 Å². The molecule has 0 bridgehead atoms. The van der Waals surface area contributed by atoms with Crippen molar-refractivity contribution in [2.75, 3.05) is 5.73 Å². The van der Waals surface area contributed by atoms with Gasteiger partial charge in [-0.3, -0.25) is 10.1 Å². The third-order valence-electron chi connectivity index (χ3n) is 4.48. The number of nitrogens with two attached hydrogens (primary N) is 1. The molecule has 2 N–H and O–H groups in total. The van der Waals surface area contributed by atoms with Crippen LogP contribution < -0.4 is 5.73 Å². The molecule has 0 aliphatic heterocycles. The first kappa shape index (κ1) is 15.9. The normalized spacial score (nSPS) is 14.1. The molecule has 1 aliphatic carbocycles. The van der Waals surface area contributed by atoms with Crippen LogP contribution in [0.5, 0.6) is 0 Å². The number of aryl methyl sites for hydroxylation is 1. The molecule has 1 aromatic carbocycles. The van der Waals surface area contributed by atoms with Crippen LogP contribution in [-0.4, -0.2) is 9.91 Å². The van der Waals surface area contributed by atoms with Crippen LogP contribution in [-0.2, 0) is 12.8 Å². The van der Waals surface area contributed by atoms with E-state index in [4.69, 9.17) is 5.73 Å². The highest BCUT2D eigenvalue weighted by atomic mass is 16.6. The molecule has 0 saturated carbocycles. The van der Waals surface area contributed by atoms with Crippen molar-refractivity contribution < 1.29 is 4.92 Å². The monoisotopic (exact) mass is 322 g/mol. The average molecular weight is 322 g/mol. The number of fused-ring (bicyclic) bond motifs is 1. The van der Waals surface area contributed by atoms with Crippen LogP contribution in [0.3, 0.4) is 0 Å². The van der Waals surface area contributed by atoms with Gasteiger partial charge in [0.1, 0.15) is 17.5 Å². The molecule has 1 heterocycles. The van der Waals surface area contributed by atoms with Gasteiger partial charge < -0.3 is 5.73 Å². The number of benzene rings is 1. The number of para-hydroxylation sites is 1. The van der Waals surface area contributed by atoms with E-state index < -0.39 is 4.92 Å². The number of pyridine rings is 1. The molecule has 1 aromatic heterocycles. The van der Waals surface area contributed by atoms with E-state index >= 15 is 0 Å². The second-order valence-electron chi connectivity index (χ2n) is 5.97. The summed E-state index contributed by atoms with van der Waals surface area (Å²) >= 11 is 0. The highest BCUT2D eigenvalue weighted by Crippen LogP contribution is 2.39. The van der Waals surface area contributed by atoms with Gasteiger partial charge in [-0.05, 0) is 37.3 Å². The van der Waals surface area contributed by atoms with E-state index in [1.165, 1.54) is 6.07 Å². The second kappa shape index (κ2) is 6.67. The van der Waals surface area contributed by atoms with Gasteiger partial charge in [0.05, 0.1) is 10.5 Å². The minimum absolute atomic E-state index is 0.0103. The summed E-state index contributed by atoms with van der Waals surface area (Å²) in [7, 11) is 0. The Kier molecular flexibility index (Phi) is 4.43. The molecule has 0 unspecified atom stereocenters. The lowest BCUT2D eigenvalue weighted by Gasteiger charge is -2.19. The van der Waals surface area contributed by atoms with Gasteiger partial charge in [-0.15, -0.1) is 0 Å². The van der Waals surface area contributed by atoms with Crippen LogP contribution in [0.2, 0.25) is 0 Å². The molecule has 0 fully saturated rings. The van der Waals surface area contributed by atoms with Gasteiger partial charge in [0, 0.05) is 17.3 Å². The zero-order valence-electron chi connectivity index (χ0n) is 13.3. The molecule has 0 saturated heterocycles. The summed E-state index contributed by atoms with van der Waals surface area (Å²) in [5.41, 5.74) is 9.09. The molecular weight excluding hydrogens is 304 g/mol. The summed E-state index contributed by atoms with van der Waals surface area (Å²) in [5, 5.41) is 21.0. The number of nitrogen functional groups attached to an aromatic ring is 1. The van der Waals surface area contributed by atoms with Gasteiger partial charge in [-0.2, -0.15) is 5.26 Å². The molecule has 0 atom stereocenters. The van der Waals surface area contributed by atoms with Gasteiger partial charge >= 0.3 is 0 Å². The Bertz CT molecular complexity index is 840. The zero-order chi connectivity index (χ0) is 17.1. The Balaban J connectivity index is 2.34. The quantitative estimate of drug-likeness (QED) is 0.669. The molecule has 0 radical (unpaired) electrons. The second-order valence-corrected chi connectivity index (χ2v) is 5.97. The van der Waals surface area contributed by atoms with E-state index in [0.717, 1.165) is 49.8 Å². The van der Waals surface area contributed by atoms with Gasteiger partial charge in [0.15, 0.2) is 0 Å². The highest BCUT2D eigenvalue weighted by molar-refractivity contribution is 5.84. The standard InChI is InChI=1S/C18H18N4O2/c19-11-14-17(13-8-5-6-10-16(13)22(23)24)12-7-3-1-2-4-9-15(12)21-18(14)20/h5-6,8,10H,1-4,7,9H2,(H2,20,21). The summed E-state index contributed by atoms with van der Waals surface area (Å²) in [6.45, 7) is 0. The number of nitro benzene ring substituents is 1. The molecule has 1 aliphatic rings. The van der Waals surface area contributed by atoms with Crippen LogP contribution in [0.4, 0.5) is 11.5 Å². The molecule has 2 aromatic rings. The van der Waals surface area contributed by atoms with Crippen molar-refractivity contribution in [2.45, 2.75) is 38.5 Å². The van der Waals surface area contributed by atoms with E-state index in [1.807, 2.05) is 0 Å². The molecule has 6 nitrogen and oxygen atoms in total. The fourth-order valence-electron chi connectivity index (χ4n) is 3.37. The first-order valence-electron chi connectivity index (χ1n) is 8.08. The third-order valence-corrected chi connectivity index (χ3v) is 4.48. The van der Waals surface area contributed by atoms with E-state index in [9.17, 15) is 15.4 Å². The summed E-state index contributed by atoms with van der Waals surface area (Å²) in [5.74, 6) is 0.157. The minimum atomic E-state index is -0.414. The lowest BCUT2D eigenvalue weighted by molar-refractivity contribution is -0.384. The number of nitro groups is 1. The lowest BCUT2D eigenvalue weighted by Crippen LogP contribution is -2.10. The molecule has 3 rings (SSSR count). The van der Waals surface area contributed by atoms with Crippen molar-refractivity contribution >= 4 is 11.5 Å². The summed E-state index contributed by atoms with van der Waals surface area (Å²) < 4.78 is 0. The topological polar surface area (TPSA) is 106 Å². The van der Waals surface area contributed by atoms with Crippen molar-refractivity contribution in [3.05, 3.63) is 51.2 Å². The van der Waals surface area contributed by atoms with Gasteiger partial charge in [-0.25, -0.2) is 4.98 Å². The molecule has 0 spiro atoms. The van der Waals surface area contributed by atoms with Crippen molar-refractivity contribution in [3.63, 3.8) is 0 Å². The number of nitriles is 1. The molecular formula is C18H18N4O2. The van der Waals surface area contributed by atoms with Crippen LogP contribution in [0.1, 0.15) is 42.5 Å². The van der Waals surface area contributed by atoms with E-state index in [2.05, 4.69) is 11.1 Å². The van der Waals surface area contributed by atoms with Crippen LogP contribution >= 0.6 is 0 Å².